The van der Waals surface area contributed by atoms with Gasteiger partial charge in [0.1, 0.15) is 5.75 Å². The van der Waals surface area contributed by atoms with Gasteiger partial charge in [-0.1, -0.05) is 12.1 Å². The van der Waals surface area contributed by atoms with Crippen LogP contribution in [-0.4, -0.2) is 17.1 Å². The average molecular weight is 260 g/mol. The second-order valence-electron chi connectivity index (χ2n) is 5.82. The summed E-state index contributed by atoms with van der Waals surface area (Å²) in [5, 5.41) is 12.2. The summed E-state index contributed by atoms with van der Waals surface area (Å²) in [7, 11) is 0. The van der Waals surface area contributed by atoms with Gasteiger partial charge in [0.25, 0.3) is 0 Å². The molecule has 0 saturated heterocycles. The van der Waals surface area contributed by atoms with Crippen molar-refractivity contribution in [3.05, 3.63) is 29.8 Å². The summed E-state index contributed by atoms with van der Waals surface area (Å²) in [6, 6.07) is 6.93. The first kappa shape index (κ1) is 12.5. The van der Waals surface area contributed by atoms with Gasteiger partial charge in [0, 0.05) is 12.6 Å². The minimum Gasteiger partial charge on any atom is -0.508 e. The van der Waals surface area contributed by atoms with E-state index in [1.165, 1.54) is 6.42 Å². The Labute approximate surface area is 113 Å². The number of benzene rings is 1. The lowest BCUT2D eigenvalue weighted by atomic mass is 9.84. The largest absolute Gasteiger partial charge is 0.508 e. The van der Waals surface area contributed by atoms with Crippen molar-refractivity contribution in [3.63, 3.8) is 0 Å². The standard InChI is InChI=1S/C15H20N2O2/c16-14-11-4-3-10(7-11)13(14)15(19)17-8-9-1-5-12(18)6-2-9/h1-2,5-6,10-11,13-14,18H,3-4,7-8,16H2,(H,17,19). The van der Waals surface area contributed by atoms with Crippen molar-refractivity contribution in [1.82, 2.24) is 5.32 Å². The zero-order valence-corrected chi connectivity index (χ0v) is 10.9. The molecule has 19 heavy (non-hydrogen) atoms. The lowest BCUT2D eigenvalue weighted by Crippen LogP contribution is -2.45. The van der Waals surface area contributed by atoms with E-state index >= 15 is 0 Å². The molecule has 0 heterocycles. The van der Waals surface area contributed by atoms with Crippen LogP contribution in [0.15, 0.2) is 24.3 Å². The van der Waals surface area contributed by atoms with Crippen LogP contribution in [0, 0.1) is 17.8 Å². The van der Waals surface area contributed by atoms with Crippen LogP contribution in [0.5, 0.6) is 5.75 Å². The van der Waals surface area contributed by atoms with Gasteiger partial charge in [-0.25, -0.2) is 0 Å². The Morgan fingerprint density at radius 1 is 1.26 bits per heavy atom. The number of nitrogens with one attached hydrogen (secondary N) is 1. The van der Waals surface area contributed by atoms with Crippen LogP contribution < -0.4 is 11.1 Å². The molecule has 0 radical (unpaired) electrons. The van der Waals surface area contributed by atoms with Gasteiger partial charge < -0.3 is 16.2 Å². The third-order valence-electron chi connectivity index (χ3n) is 4.69. The van der Waals surface area contributed by atoms with Gasteiger partial charge >= 0.3 is 0 Å². The molecule has 2 aliphatic carbocycles. The van der Waals surface area contributed by atoms with Gasteiger partial charge in [-0.05, 0) is 48.8 Å². The molecule has 4 N–H and O–H groups in total. The van der Waals surface area contributed by atoms with Crippen molar-refractivity contribution in [2.45, 2.75) is 31.8 Å². The maximum Gasteiger partial charge on any atom is 0.225 e. The highest BCUT2D eigenvalue weighted by Crippen LogP contribution is 2.47. The Hall–Kier alpha value is -1.55. The summed E-state index contributed by atoms with van der Waals surface area (Å²) in [6.07, 6.45) is 3.46. The minimum atomic E-state index is -0.00383. The predicted molar refractivity (Wildman–Crippen MR) is 72.2 cm³/mol. The zero-order valence-electron chi connectivity index (χ0n) is 10.9. The van der Waals surface area contributed by atoms with E-state index in [9.17, 15) is 9.90 Å². The highest BCUT2D eigenvalue weighted by atomic mass is 16.3. The second kappa shape index (κ2) is 4.85. The molecule has 0 spiro atoms. The number of carbonyl (C=O) groups excluding carboxylic acids is 1. The number of fused-ring (bicyclic) bond motifs is 2. The molecule has 2 saturated carbocycles. The number of amides is 1. The molecule has 102 valence electrons. The van der Waals surface area contributed by atoms with E-state index in [2.05, 4.69) is 5.32 Å². The normalized spacial score (nSPS) is 32.5. The average Bonchev–Trinajstić information content (AvgIpc) is 2.98. The van der Waals surface area contributed by atoms with Gasteiger partial charge in [0.15, 0.2) is 0 Å². The highest BCUT2D eigenvalue weighted by molar-refractivity contribution is 5.80. The second-order valence-corrected chi connectivity index (χ2v) is 5.82. The Kier molecular flexibility index (Phi) is 3.19. The van der Waals surface area contributed by atoms with Crippen molar-refractivity contribution in [2.75, 3.05) is 0 Å². The molecule has 4 unspecified atom stereocenters. The number of nitrogens with two attached hydrogens (primary N) is 1. The summed E-state index contributed by atoms with van der Waals surface area (Å²) in [6.45, 7) is 0.500. The monoisotopic (exact) mass is 260 g/mol. The molecule has 4 atom stereocenters. The van der Waals surface area contributed by atoms with Crippen LogP contribution in [0.3, 0.4) is 0 Å². The first-order chi connectivity index (χ1) is 9.15. The van der Waals surface area contributed by atoms with Gasteiger partial charge in [-0.15, -0.1) is 0 Å². The molecule has 4 nitrogen and oxygen atoms in total. The molecule has 0 aromatic heterocycles. The first-order valence-electron chi connectivity index (χ1n) is 6.96. The summed E-state index contributed by atoms with van der Waals surface area (Å²) >= 11 is 0. The van der Waals surface area contributed by atoms with Crippen molar-refractivity contribution in [1.29, 1.82) is 0 Å². The van der Waals surface area contributed by atoms with Crippen molar-refractivity contribution in [3.8, 4) is 5.75 Å². The quantitative estimate of drug-likeness (QED) is 0.768. The number of phenolic OH excluding ortho intramolecular Hbond substituents is 1. The van der Waals surface area contributed by atoms with E-state index in [1.54, 1.807) is 12.1 Å². The van der Waals surface area contributed by atoms with Gasteiger partial charge in [-0.2, -0.15) is 0 Å². The lowest BCUT2D eigenvalue weighted by Gasteiger charge is -2.27. The smallest absolute Gasteiger partial charge is 0.225 e. The Morgan fingerprint density at radius 2 is 1.95 bits per heavy atom. The Bertz CT molecular complexity index is 470. The Balaban J connectivity index is 1.58. The minimum absolute atomic E-state index is 0.00383. The van der Waals surface area contributed by atoms with Crippen LogP contribution in [0.25, 0.3) is 0 Å². The van der Waals surface area contributed by atoms with Crippen molar-refractivity contribution in [2.24, 2.45) is 23.5 Å². The summed E-state index contributed by atoms with van der Waals surface area (Å²) in [5.74, 6) is 1.36. The fraction of sp³-hybridized carbons (Fsp3) is 0.533. The summed E-state index contributed by atoms with van der Waals surface area (Å²) in [4.78, 5) is 12.2. The van der Waals surface area contributed by atoms with Gasteiger partial charge in [0.2, 0.25) is 5.91 Å². The molecule has 1 aromatic rings. The number of aromatic hydroxyl groups is 1. The van der Waals surface area contributed by atoms with E-state index in [-0.39, 0.29) is 23.6 Å². The predicted octanol–water partition coefficient (Wildman–Crippen LogP) is 1.38. The first-order valence-corrected chi connectivity index (χ1v) is 6.96. The van der Waals surface area contributed by atoms with E-state index in [1.807, 2.05) is 12.1 Å². The van der Waals surface area contributed by atoms with Crippen LogP contribution in [-0.2, 0) is 11.3 Å². The number of rotatable bonds is 3. The maximum atomic E-state index is 12.2. The van der Waals surface area contributed by atoms with Crippen LogP contribution in [0.2, 0.25) is 0 Å². The fourth-order valence-corrected chi connectivity index (χ4v) is 3.65. The van der Waals surface area contributed by atoms with E-state index in [0.717, 1.165) is 18.4 Å². The molecule has 2 aliphatic rings. The summed E-state index contributed by atoms with van der Waals surface area (Å²) in [5.41, 5.74) is 7.15. The number of hydrogen-bond acceptors (Lipinski definition) is 3. The molecule has 0 aliphatic heterocycles. The topological polar surface area (TPSA) is 75.4 Å². The maximum absolute atomic E-state index is 12.2. The molecule has 2 fully saturated rings. The third kappa shape index (κ3) is 2.32. The SMILES string of the molecule is NC1C2CCC(C2)C1C(=O)NCc1ccc(O)cc1. The highest BCUT2D eigenvalue weighted by Gasteiger charge is 2.48. The molecule has 1 amide bonds. The molecular weight excluding hydrogens is 240 g/mol. The fourth-order valence-electron chi connectivity index (χ4n) is 3.65. The van der Waals surface area contributed by atoms with Gasteiger partial charge in [-0.3, -0.25) is 4.79 Å². The number of carbonyl (C=O) groups is 1. The molecule has 3 rings (SSSR count). The molecule has 2 bridgehead atoms. The van der Waals surface area contributed by atoms with Crippen molar-refractivity contribution < 1.29 is 9.90 Å². The van der Waals surface area contributed by atoms with E-state index in [0.29, 0.717) is 18.4 Å². The van der Waals surface area contributed by atoms with Crippen LogP contribution >= 0.6 is 0 Å². The van der Waals surface area contributed by atoms with Gasteiger partial charge in [0.05, 0.1) is 5.92 Å². The Morgan fingerprint density at radius 3 is 2.58 bits per heavy atom. The van der Waals surface area contributed by atoms with Crippen molar-refractivity contribution >= 4 is 5.91 Å². The number of phenols is 1. The molecule has 1 aromatic carbocycles. The lowest BCUT2D eigenvalue weighted by molar-refractivity contribution is -0.127. The van der Waals surface area contributed by atoms with Crippen LogP contribution in [0.1, 0.15) is 24.8 Å². The molecule has 4 heteroatoms. The van der Waals surface area contributed by atoms with Crippen LogP contribution in [0.4, 0.5) is 0 Å². The molecular formula is C15H20N2O2. The van der Waals surface area contributed by atoms with E-state index in [4.69, 9.17) is 5.73 Å². The zero-order chi connectivity index (χ0) is 13.4. The number of hydrogen-bond donors (Lipinski definition) is 3. The summed E-state index contributed by atoms with van der Waals surface area (Å²) < 4.78 is 0. The van der Waals surface area contributed by atoms with E-state index < -0.39 is 0 Å². The third-order valence-corrected chi connectivity index (χ3v) is 4.69.